The number of thiazole rings is 1. The SMILES string of the molecule is Cc1ccccc1-c1ncc(CN2C[C@H]3COC[C@@H](C2)C(=O)N3)s1. The summed E-state index contributed by atoms with van der Waals surface area (Å²) in [5.41, 5.74) is 2.45. The van der Waals surface area contributed by atoms with Crippen LogP contribution in [0.3, 0.4) is 0 Å². The van der Waals surface area contributed by atoms with E-state index in [1.807, 2.05) is 6.20 Å². The maximum atomic E-state index is 12.1. The van der Waals surface area contributed by atoms with E-state index in [0.717, 1.165) is 24.6 Å². The highest BCUT2D eigenvalue weighted by Gasteiger charge is 2.33. The Bertz CT molecular complexity index is 745. The molecule has 2 aliphatic rings. The van der Waals surface area contributed by atoms with Gasteiger partial charge in [0.15, 0.2) is 0 Å². The van der Waals surface area contributed by atoms with Crippen molar-refractivity contribution >= 4 is 17.2 Å². The Balaban J connectivity index is 1.50. The predicted molar refractivity (Wildman–Crippen MR) is 93.8 cm³/mol. The number of hydrogen-bond acceptors (Lipinski definition) is 5. The molecule has 3 heterocycles. The zero-order chi connectivity index (χ0) is 16.5. The monoisotopic (exact) mass is 343 g/mol. The molecule has 0 spiro atoms. The summed E-state index contributed by atoms with van der Waals surface area (Å²) >= 11 is 1.74. The normalized spacial score (nSPS) is 24.5. The third-order valence-electron chi connectivity index (χ3n) is 4.62. The molecule has 0 unspecified atom stereocenters. The lowest BCUT2D eigenvalue weighted by Crippen LogP contribution is -2.41. The second kappa shape index (κ2) is 6.63. The third kappa shape index (κ3) is 3.22. The average Bonchev–Trinajstić information content (AvgIpc) is 2.86. The van der Waals surface area contributed by atoms with Crippen LogP contribution in [0.25, 0.3) is 10.6 Å². The number of fused-ring (bicyclic) bond motifs is 3. The highest BCUT2D eigenvalue weighted by atomic mass is 32.1. The van der Waals surface area contributed by atoms with Gasteiger partial charge in [-0.3, -0.25) is 9.69 Å². The summed E-state index contributed by atoms with van der Waals surface area (Å²) in [6.45, 7) is 5.67. The molecule has 0 aliphatic carbocycles. The van der Waals surface area contributed by atoms with Crippen LogP contribution in [0.15, 0.2) is 30.5 Å². The van der Waals surface area contributed by atoms with Crippen LogP contribution in [-0.2, 0) is 16.1 Å². The second-order valence-corrected chi connectivity index (χ2v) is 7.70. The first-order valence-electron chi connectivity index (χ1n) is 8.30. The zero-order valence-corrected chi connectivity index (χ0v) is 14.5. The molecule has 1 aromatic carbocycles. The zero-order valence-electron chi connectivity index (χ0n) is 13.7. The van der Waals surface area contributed by atoms with Crippen molar-refractivity contribution in [3.8, 4) is 10.6 Å². The van der Waals surface area contributed by atoms with E-state index in [1.165, 1.54) is 16.0 Å². The predicted octanol–water partition coefficient (Wildman–Crippen LogP) is 2.07. The Kier molecular flexibility index (Phi) is 4.35. The molecule has 2 aliphatic heterocycles. The lowest BCUT2D eigenvalue weighted by atomic mass is 10.1. The molecule has 2 bridgehead atoms. The lowest BCUT2D eigenvalue weighted by molar-refractivity contribution is -0.125. The minimum absolute atomic E-state index is 0.0683. The van der Waals surface area contributed by atoms with E-state index in [4.69, 9.17) is 4.74 Å². The lowest BCUT2D eigenvalue weighted by Gasteiger charge is -2.26. The molecule has 0 saturated carbocycles. The number of nitrogens with one attached hydrogen (secondary N) is 1. The van der Waals surface area contributed by atoms with Crippen molar-refractivity contribution in [1.29, 1.82) is 0 Å². The smallest absolute Gasteiger partial charge is 0.227 e. The van der Waals surface area contributed by atoms with Crippen LogP contribution in [0.1, 0.15) is 10.4 Å². The Labute approximate surface area is 145 Å². The quantitative estimate of drug-likeness (QED) is 0.927. The van der Waals surface area contributed by atoms with Crippen molar-refractivity contribution < 1.29 is 9.53 Å². The van der Waals surface area contributed by atoms with Crippen molar-refractivity contribution in [2.45, 2.75) is 19.5 Å². The van der Waals surface area contributed by atoms with Gasteiger partial charge in [-0.05, 0) is 12.5 Å². The van der Waals surface area contributed by atoms with Crippen molar-refractivity contribution in [3.63, 3.8) is 0 Å². The molecule has 126 valence electrons. The summed E-state index contributed by atoms with van der Waals surface area (Å²) in [7, 11) is 0. The van der Waals surface area contributed by atoms with Crippen LogP contribution in [0.5, 0.6) is 0 Å². The molecular formula is C18H21N3O2S. The molecule has 1 amide bonds. The molecule has 2 fully saturated rings. The minimum Gasteiger partial charge on any atom is -0.378 e. The van der Waals surface area contributed by atoms with E-state index in [1.54, 1.807) is 11.3 Å². The molecule has 2 aromatic rings. The van der Waals surface area contributed by atoms with Crippen LogP contribution in [0.4, 0.5) is 0 Å². The summed E-state index contributed by atoms with van der Waals surface area (Å²) < 4.78 is 5.59. The van der Waals surface area contributed by atoms with Crippen LogP contribution < -0.4 is 5.32 Å². The van der Waals surface area contributed by atoms with Gasteiger partial charge >= 0.3 is 0 Å². The van der Waals surface area contributed by atoms with Crippen LogP contribution in [-0.4, -0.2) is 48.1 Å². The van der Waals surface area contributed by atoms with Gasteiger partial charge in [-0.25, -0.2) is 4.98 Å². The fourth-order valence-corrected chi connectivity index (χ4v) is 4.43. The van der Waals surface area contributed by atoms with Gasteiger partial charge in [0.1, 0.15) is 5.01 Å². The maximum absolute atomic E-state index is 12.1. The first-order chi connectivity index (χ1) is 11.7. The van der Waals surface area contributed by atoms with Gasteiger partial charge in [-0.2, -0.15) is 0 Å². The van der Waals surface area contributed by atoms with E-state index >= 15 is 0 Å². The molecule has 4 rings (SSSR count). The van der Waals surface area contributed by atoms with E-state index in [2.05, 4.69) is 46.4 Å². The van der Waals surface area contributed by atoms with E-state index in [9.17, 15) is 4.79 Å². The Morgan fingerprint density at radius 1 is 1.33 bits per heavy atom. The van der Waals surface area contributed by atoms with Gasteiger partial charge in [0, 0.05) is 36.3 Å². The van der Waals surface area contributed by atoms with E-state index < -0.39 is 0 Å². The molecule has 0 radical (unpaired) electrons. The topological polar surface area (TPSA) is 54.5 Å². The van der Waals surface area contributed by atoms with Crippen molar-refractivity contribution in [3.05, 3.63) is 40.9 Å². The maximum Gasteiger partial charge on any atom is 0.227 e. The van der Waals surface area contributed by atoms with Gasteiger partial charge in [0.25, 0.3) is 0 Å². The van der Waals surface area contributed by atoms with Crippen LogP contribution in [0.2, 0.25) is 0 Å². The van der Waals surface area contributed by atoms with Crippen LogP contribution >= 0.6 is 11.3 Å². The van der Waals surface area contributed by atoms with Crippen molar-refractivity contribution in [1.82, 2.24) is 15.2 Å². The number of aryl methyl sites for hydroxylation is 1. The Morgan fingerprint density at radius 3 is 3.08 bits per heavy atom. The molecule has 2 atom stereocenters. The highest BCUT2D eigenvalue weighted by molar-refractivity contribution is 7.15. The number of rotatable bonds is 3. The number of ether oxygens (including phenoxy) is 1. The largest absolute Gasteiger partial charge is 0.378 e. The first-order valence-corrected chi connectivity index (χ1v) is 9.12. The van der Waals surface area contributed by atoms with E-state index in [0.29, 0.717) is 13.2 Å². The third-order valence-corrected chi connectivity index (χ3v) is 5.64. The van der Waals surface area contributed by atoms with Crippen LogP contribution in [0, 0.1) is 12.8 Å². The number of nitrogens with zero attached hydrogens (tertiary/aromatic N) is 2. The highest BCUT2D eigenvalue weighted by Crippen LogP contribution is 2.29. The van der Waals surface area contributed by atoms with Crippen molar-refractivity contribution in [2.75, 3.05) is 26.3 Å². The van der Waals surface area contributed by atoms with Gasteiger partial charge < -0.3 is 10.1 Å². The Hall–Kier alpha value is -1.76. The second-order valence-electron chi connectivity index (χ2n) is 6.58. The molecule has 1 aromatic heterocycles. The number of amides is 1. The number of carbonyl (C=O) groups is 1. The fourth-order valence-electron chi connectivity index (χ4n) is 3.39. The molecule has 5 nitrogen and oxygen atoms in total. The fraction of sp³-hybridized carbons (Fsp3) is 0.444. The molecule has 6 heteroatoms. The first kappa shape index (κ1) is 15.7. The summed E-state index contributed by atoms with van der Waals surface area (Å²) in [5.74, 6) is 0.0613. The molecule has 24 heavy (non-hydrogen) atoms. The van der Waals surface area contributed by atoms with Crippen molar-refractivity contribution in [2.24, 2.45) is 5.92 Å². The number of aromatic nitrogens is 1. The standard InChI is InChI=1S/C18H21N3O2S/c1-12-4-2-3-5-16(12)18-19-6-15(24-18)9-21-7-13-10-23-11-14(8-21)20-17(13)22/h2-6,13-14H,7-11H2,1H3,(H,20,22)/t13-,14+/m1/s1. The minimum atomic E-state index is -0.0683. The number of carbonyl (C=O) groups excluding carboxylic acids is 1. The number of hydrogen-bond donors (Lipinski definition) is 1. The summed E-state index contributed by atoms with van der Waals surface area (Å²) in [6.07, 6.45) is 1.97. The summed E-state index contributed by atoms with van der Waals surface area (Å²) in [4.78, 5) is 20.3. The average molecular weight is 343 g/mol. The summed E-state index contributed by atoms with van der Waals surface area (Å²) in [5, 5.41) is 4.14. The van der Waals surface area contributed by atoms with Gasteiger partial charge in [0.05, 0.1) is 25.2 Å². The summed E-state index contributed by atoms with van der Waals surface area (Å²) in [6, 6.07) is 8.43. The molecule has 1 N–H and O–H groups in total. The van der Waals surface area contributed by atoms with E-state index in [-0.39, 0.29) is 17.9 Å². The Morgan fingerprint density at radius 2 is 2.21 bits per heavy atom. The number of benzene rings is 1. The molecule has 2 saturated heterocycles. The van der Waals surface area contributed by atoms with Gasteiger partial charge in [-0.15, -0.1) is 11.3 Å². The van der Waals surface area contributed by atoms with Gasteiger partial charge in [-0.1, -0.05) is 24.3 Å². The van der Waals surface area contributed by atoms with Gasteiger partial charge in [0.2, 0.25) is 5.91 Å². The molecular weight excluding hydrogens is 322 g/mol.